The van der Waals surface area contributed by atoms with Gasteiger partial charge in [0.25, 0.3) is 5.89 Å². The second-order valence-corrected chi connectivity index (χ2v) is 2.13. The van der Waals surface area contributed by atoms with Crippen LogP contribution in [0.3, 0.4) is 0 Å². The summed E-state index contributed by atoms with van der Waals surface area (Å²) in [6.07, 6.45) is -2.69. The molecule has 1 rings (SSSR count). The molecule has 0 fully saturated rings. The third kappa shape index (κ3) is 2.23. The van der Waals surface area contributed by atoms with Gasteiger partial charge in [0.15, 0.2) is 5.82 Å². The molecule has 0 bridgehead atoms. The SMILES string of the molecule is CCNCc1noc(C(F)F)n1. The van der Waals surface area contributed by atoms with E-state index in [-0.39, 0.29) is 5.82 Å². The van der Waals surface area contributed by atoms with E-state index < -0.39 is 12.3 Å². The number of hydrogen-bond donors (Lipinski definition) is 1. The zero-order chi connectivity index (χ0) is 8.97. The Hall–Kier alpha value is -1.04. The predicted octanol–water partition coefficient (Wildman–Crippen LogP) is 1.12. The average Bonchev–Trinajstić information content (AvgIpc) is 2.48. The van der Waals surface area contributed by atoms with Gasteiger partial charge in [-0.3, -0.25) is 0 Å². The van der Waals surface area contributed by atoms with Crippen LogP contribution in [0, 0.1) is 0 Å². The van der Waals surface area contributed by atoms with Gasteiger partial charge in [0.2, 0.25) is 0 Å². The van der Waals surface area contributed by atoms with Gasteiger partial charge in [0.05, 0.1) is 6.54 Å². The normalized spacial score (nSPS) is 11.0. The van der Waals surface area contributed by atoms with Crippen LogP contribution in [-0.2, 0) is 6.54 Å². The van der Waals surface area contributed by atoms with Crippen molar-refractivity contribution in [3.63, 3.8) is 0 Å². The summed E-state index contributed by atoms with van der Waals surface area (Å²) in [6.45, 7) is 2.99. The first-order valence-electron chi connectivity index (χ1n) is 3.55. The number of aromatic nitrogens is 2. The van der Waals surface area contributed by atoms with Gasteiger partial charge in [0, 0.05) is 0 Å². The van der Waals surface area contributed by atoms with Crippen LogP contribution >= 0.6 is 0 Å². The van der Waals surface area contributed by atoms with Crippen LogP contribution in [0.2, 0.25) is 0 Å². The number of nitrogens with one attached hydrogen (secondary N) is 1. The van der Waals surface area contributed by atoms with Crippen LogP contribution in [0.1, 0.15) is 25.1 Å². The highest BCUT2D eigenvalue weighted by molar-refractivity contribution is 4.86. The Morgan fingerprint density at radius 3 is 2.83 bits per heavy atom. The first kappa shape index (κ1) is 9.05. The summed E-state index contributed by atoms with van der Waals surface area (Å²) < 4.78 is 28.0. The summed E-state index contributed by atoms with van der Waals surface area (Å²) in [5.74, 6) is -0.366. The maximum atomic E-state index is 11.9. The van der Waals surface area contributed by atoms with Gasteiger partial charge in [-0.05, 0) is 6.54 Å². The molecule has 1 N–H and O–H groups in total. The summed E-state index contributed by atoms with van der Waals surface area (Å²) in [5, 5.41) is 6.23. The number of rotatable bonds is 4. The summed E-state index contributed by atoms with van der Waals surface area (Å²) >= 11 is 0. The van der Waals surface area contributed by atoms with Crippen molar-refractivity contribution in [1.29, 1.82) is 0 Å². The average molecular weight is 177 g/mol. The molecule has 0 saturated heterocycles. The van der Waals surface area contributed by atoms with E-state index in [1.165, 1.54) is 0 Å². The Labute approximate surface area is 68.0 Å². The van der Waals surface area contributed by atoms with Crippen molar-refractivity contribution in [2.75, 3.05) is 6.54 Å². The van der Waals surface area contributed by atoms with E-state index in [1.807, 2.05) is 6.92 Å². The smallest absolute Gasteiger partial charge is 0.315 e. The number of hydrogen-bond acceptors (Lipinski definition) is 4. The Balaban J connectivity index is 2.52. The molecule has 12 heavy (non-hydrogen) atoms. The lowest BCUT2D eigenvalue weighted by atomic mass is 10.5. The van der Waals surface area contributed by atoms with Crippen LogP contribution in [0.4, 0.5) is 8.78 Å². The third-order valence-electron chi connectivity index (χ3n) is 1.20. The van der Waals surface area contributed by atoms with Crippen LogP contribution in [0.5, 0.6) is 0 Å². The van der Waals surface area contributed by atoms with Crippen molar-refractivity contribution < 1.29 is 13.3 Å². The van der Waals surface area contributed by atoms with Gasteiger partial charge in [-0.1, -0.05) is 12.1 Å². The van der Waals surface area contributed by atoms with Crippen LogP contribution < -0.4 is 5.32 Å². The lowest BCUT2D eigenvalue weighted by Crippen LogP contribution is -2.12. The molecule has 0 amide bonds. The summed E-state index contributed by atoms with van der Waals surface area (Å²) in [4.78, 5) is 3.46. The van der Waals surface area contributed by atoms with Crippen molar-refractivity contribution in [3.05, 3.63) is 11.7 Å². The van der Waals surface area contributed by atoms with Crippen molar-refractivity contribution in [1.82, 2.24) is 15.5 Å². The molecule has 0 spiro atoms. The molecule has 0 aliphatic carbocycles. The summed E-state index contributed by atoms with van der Waals surface area (Å²) in [5.41, 5.74) is 0. The predicted molar refractivity (Wildman–Crippen MR) is 36.6 cm³/mol. The second-order valence-electron chi connectivity index (χ2n) is 2.13. The van der Waals surface area contributed by atoms with Crippen molar-refractivity contribution >= 4 is 0 Å². The van der Waals surface area contributed by atoms with Gasteiger partial charge in [0.1, 0.15) is 0 Å². The van der Waals surface area contributed by atoms with E-state index in [0.717, 1.165) is 6.54 Å². The van der Waals surface area contributed by atoms with Crippen LogP contribution in [-0.4, -0.2) is 16.7 Å². The topological polar surface area (TPSA) is 51.0 Å². The van der Waals surface area contributed by atoms with Crippen molar-refractivity contribution in [2.24, 2.45) is 0 Å². The van der Waals surface area contributed by atoms with E-state index >= 15 is 0 Å². The van der Waals surface area contributed by atoms with Crippen LogP contribution in [0.15, 0.2) is 4.52 Å². The Kier molecular flexibility index (Phi) is 3.09. The van der Waals surface area contributed by atoms with Gasteiger partial charge in [-0.2, -0.15) is 13.8 Å². The molecular formula is C6H9F2N3O. The molecule has 0 aliphatic rings. The van der Waals surface area contributed by atoms with E-state index in [1.54, 1.807) is 0 Å². The fourth-order valence-corrected chi connectivity index (χ4v) is 0.665. The summed E-state index contributed by atoms with van der Waals surface area (Å²) in [6, 6.07) is 0. The minimum absolute atomic E-state index is 0.257. The monoisotopic (exact) mass is 177 g/mol. The van der Waals surface area contributed by atoms with Gasteiger partial charge >= 0.3 is 6.43 Å². The van der Waals surface area contributed by atoms with E-state index in [2.05, 4.69) is 20.0 Å². The molecular weight excluding hydrogens is 168 g/mol. The molecule has 0 aromatic carbocycles. The standard InChI is InChI=1S/C6H9F2N3O/c1-2-9-3-4-10-6(5(7)8)12-11-4/h5,9H,2-3H2,1H3. The minimum Gasteiger partial charge on any atom is -0.333 e. The molecule has 0 aliphatic heterocycles. The highest BCUT2D eigenvalue weighted by Gasteiger charge is 2.15. The molecule has 0 saturated carbocycles. The van der Waals surface area contributed by atoms with E-state index in [9.17, 15) is 8.78 Å². The second kappa shape index (κ2) is 4.10. The Morgan fingerprint density at radius 2 is 2.33 bits per heavy atom. The molecule has 1 aromatic heterocycles. The minimum atomic E-state index is -2.69. The highest BCUT2D eigenvalue weighted by atomic mass is 19.3. The molecule has 68 valence electrons. The van der Waals surface area contributed by atoms with Gasteiger partial charge < -0.3 is 9.84 Å². The van der Waals surface area contributed by atoms with Gasteiger partial charge in [-0.15, -0.1) is 0 Å². The molecule has 0 unspecified atom stereocenters. The molecule has 4 nitrogen and oxygen atoms in total. The fourth-order valence-electron chi connectivity index (χ4n) is 0.665. The van der Waals surface area contributed by atoms with Crippen LogP contribution in [0.25, 0.3) is 0 Å². The third-order valence-corrected chi connectivity index (χ3v) is 1.20. The number of alkyl halides is 2. The molecule has 1 heterocycles. The fraction of sp³-hybridized carbons (Fsp3) is 0.667. The van der Waals surface area contributed by atoms with E-state index in [4.69, 9.17) is 0 Å². The maximum absolute atomic E-state index is 11.9. The number of halogens is 2. The Bertz CT molecular complexity index is 238. The zero-order valence-corrected chi connectivity index (χ0v) is 6.55. The summed E-state index contributed by atoms with van der Waals surface area (Å²) in [7, 11) is 0. The Morgan fingerprint density at radius 1 is 1.58 bits per heavy atom. The lowest BCUT2D eigenvalue weighted by Gasteiger charge is -1.92. The van der Waals surface area contributed by atoms with Crippen molar-refractivity contribution in [3.8, 4) is 0 Å². The molecule has 0 radical (unpaired) electrons. The van der Waals surface area contributed by atoms with Gasteiger partial charge in [-0.25, -0.2) is 0 Å². The molecule has 0 atom stereocenters. The zero-order valence-electron chi connectivity index (χ0n) is 6.55. The quantitative estimate of drug-likeness (QED) is 0.748. The molecule has 1 aromatic rings. The largest absolute Gasteiger partial charge is 0.333 e. The number of nitrogens with zero attached hydrogens (tertiary/aromatic N) is 2. The molecule has 6 heteroatoms. The lowest BCUT2D eigenvalue weighted by molar-refractivity contribution is 0.106. The maximum Gasteiger partial charge on any atom is 0.315 e. The van der Waals surface area contributed by atoms with E-state index in [0.29, 0.717) is 6.54 Å². The highest BCUT2D eigenvalue weighted by Crippen LogP contribution is 2.15. The first-order chi connectivity index (χ1) is 5.74. The van der Waals surface area contributed by atoms with Crippen molar-refractivity contribution in [2.45, 2.75) is 19.9 Å². The first-order valence-corrected chi connectivity index (χ1v) is 3.55.